The summed E-state index contributed by atoms with van der Waals surface area (Å²) >= 11 is 7.34. The summed E-state index contributed by atoms with van der Waals surface area (Å²) in [6.07, 6.45) is 0. The van der Waals surface area contributed by atoms with Gasteiger partial charge in [-0.3, -0.25) is 14.5 Å². The highest BCUT2D eigenvalue weighted by Crippen LogP contribution is 2.46. The second-order valence-corrected chi connectivity index (χ2v) is 10.2. The number of nitrogens with zero attached hydrogens (tertiary/aromatic N) is 2. The van der Waals surface area contributed by atoms with Crippen LogP contribution in [0.1, 0.15) is 28.3 Å². The molecule has 1 N–H and O–H groups in total. The zero-order valence-corrected chi connectivity index (χ0v) is 22.1. The van der Waals surface area contributed by atoms with Crippen LogP contribution in [-0.2, 0) is 9.59 Å². The molecule has 0 saturated carbocycles. The van der Waals surface area contributed by atoms with Crippen molar-refractivity contribution in [3.63, 3.8) is 0 Å². The number of fused-ring (bicyclic) bond motifs is 1. The highest BCUT2D eigenvalue weighted by atomic mass is 35.5. The smallest absolute Gasteiger partial charge is 0.301 e. The van der Waals surface area contributed by atoms with Gasteiger partial charge in [-0.05, 0) is 73.0 Å². The summed E-state index contributed by atoms with van der Waals surface area (Å²) < 4.78 is 11.8. The van der Waals surface area contributed by atoms with Gasteiger partial charge in [0, 0.05) is 10.6 Å². The molecule has 0 aliphatic carbocycles. The summed E-state index contributed by atoms with van der Waals surface area (Å²) in [6, 6.07) is 14.6. The summed E-state index contributed by atoms with van der Waals surface area (Å²) in [5.41, 5.74) is 3.67. The number of hydrogen-bond donors (Lipinski definition) is 1. The zero-order chi connectivity index (χ0) is 26.4. The Kier molecular flexibility index (Phi) is 6.39. The number of aromatic nitrogens is 1. The van der Waals surface area contributed by atoms with Crippen molar-refractivity contribution in [2.75, 3.05) is 19.1 Å². The summed E-state index contributed by atoms with van der Waals surface area (Å²) in [5, 5.41) is 12.1. The number of ketones is 1. The Bertz CT molecular complexity index is 1590. The predicted octanol–water partition coefficient (Wildman–Crippen LogP) is 6.21. The number of anilines is 1. The van der Waals surface area contributed by atoms with Gasteiger partial charge >= 0.3 is 5.91 Å². The Morgan fingerprint density at radius 3 is 2.38 bits per heavy atom. The van der Waals surface area contributed by atoms with Crippen molar-refractivity contribution >= 4 is 55.7 Å². The van der Waals surface area contributed by atoms with Gasteiger partial charge in [0.15, 0.2) is 16.6 Å². The topological polar surface area (TPSA) is 89.0 Å². The SMILES string of the molecule is COc1ccc(C2/C(=C(\O)c3ccc(Cl)cc3)C(=O)C(=O)N2c2nc3c(C)cc(C)cc3s2)cc1OC. The Balaban J connectivity index is 1.76. The van der Waals surface area contributed by atoms with Gasteiger partial charge in [-0.1, -0.05) is 35.1 Å². The number of methoxy groups -OCH3 is 2. The minimum atomic E-state index is -0.947. The normalized spacial score (nSPS) is 17.0. The number of amides is 1. The lowest BCUT2D eigenvalue weighted by molar-refractivity contribution is -0.132. The Morgan fingerprint density at radius 1 is 1.00 bits per heavy atom. The van der Waals surface area contributed by atoms with Crippen molar-refractivity contribution in [2.45, 2.75) is 19.9 Å². The van der Waals surface area contributed by atoms with E-state index < -0.39 is 17.7 Å². The van der Waals surface area contributed by atoms with Gasteiger partial charge < -0.3 is 14.6 Å². The van der Waals surface area contributed by atoms with Crippen LogP contribution in [0.3, 0.4) is 0 Å². The van der Waals surface area contributed by atoms with Crippen LogP contribution in [-0.4, -0.2) is 36.0 Å². The fraction of sp³-hybridized carbons (Fsp3) is 0.179. The van der Waals surface area contributed by atoms with E-state index in [0.717, 1.165) is 21.3 Å². The van der Waals surface area contributed by atoms with Gasteiger partial charge in [-0.2, -0.15) is 0 Å². The average Bonchev–Trinajstić information content (AvgIpc) is 3.42. The fourth-order valence-corrected chi connectivity index (χ4v) is 5.89. The number of carbonyl (C=O) groups excluding carboxylic acids is 2. The highest BCUT2D eigenvalue weighted by molar-refractivity contribution is 7.22. The van der Waals surface area contributed by atoms with E-state index in [1.807, 2.05) is 26.0 Å². The number of thiazole rings is 1. The minimum Gasteiger partial charge on any atom is -0.507 e. The third-order valence-electron chi connectivity index (χ3n) is 6.31. The number of aliphatic hydroxyl groups excluding tert-OH is 1. The Hall–Kier alpha value is -3.88. The number of halogens is 1. The van der Waals surface area contributed by atoms with Crippen LogP contribution in [0.4, 0.5) is 5.13 Å². The van der Waals surface area contributed by atoms with Crippen molar-refractivity contribution < 1.29 is 24.2 Å². The molecule has 0 bridgehead atoms. The molecule has 37 heavy (non-hydrogen) atoms. The van der Waals surface area contributed by atoms with E-state index in [2.05, 4.69) is 0 Å². The number of rotatable bonds is 5. The molecule has 1 aliphatic rings. The van der Waals surface area contributed by atoms with E-state index in [4.69, 9.17) is 26.1 Å². The van der Waals surface area contributed by atoms with Crippen molar-refractivity contribution in [3.05, 3.63) is 87.4 Å². The van der Waals surface area contributed by atoms with Gasteiger partial charge in [0.2, 0.25) is 0 Å². The number of hydrogen-bond acceptors (Lipinski definition) is 7. The van der Waals surface area contributed by atoms with Crippen molar-refractivity contribution in [1.82, 2.24) is 4.98 Å². The number of benzene rings is 3. The van der Waals surface area contributed by atoms with E-state index in [9.17, 15) is 14.7 Å². The van der Waals surface area contributed by atoms with Gasteiger partial charge in [0.1, 0.15) is 5.76 Å². The van der Waals surface area contributed by atoms with E-state index in [1.54, 1.807) is 42.5 Å². The first-order valence-corrected chi connectivity index (χ1v) is 12.6. The number of aryl methyl sites for hydroxylation is 2. The standard InChI is InChI=1S/C28H23ClN2O5S/c1-14-11-15(2)23-21(12-14)37-28(30-23)31-24(17-7-10-19(35-3)20(13-17)36-4)22(26(33)27(31)34)25(32)16-5-8-18(29)9-6-16/h5-13,24,32H,1-4H3/b25-22+. The van der Waals surface area contributed by atoms with Crippen LogP contribution in [0.5, 0.6) is 11.5 Å². The number of aliphatic hydroxyl groups is 1. The number of Topliss-reactive ketones (excluding diaryl/α,β-unsaturated/α-hetero) is 1. The molecule has 1 fully saturated rings. The second kappa shape index (κ2) is 9.53. The first-order valence-electron chi connectivity index (χ1n) is 11.4. The maximum absolute atomic E-state index is 13.5. The minimum absolute atomic E-state index is 0.0494. The lowest BCUT2D eigenvalue weighted by Gasteiger charge is -2.23. The molecule has 1 unspecified atom stereocenters. The maximum Gasteiger partial charge on any atom is 0.301 e. The Labute approximate surface area is 222 Å². The third-order valence-corrected chi connectivity index (χ3v) is 7.56. The van der Waals surface area contributed by atoms with Gasteiger partial charge in [0.05, 0.1) is 36.1 Å². The maximum atomic E-state index is 13.5. The van der Waals surface area contributed by atoms with E-state index in [0.29, 0.717) is 32.8 Å². The molecule has 1 atom stereocenters. The molecule has 7 nitrogen and oxygen atoms in total. The van der Waals surface area contributed by atoms with Gasteiger partial charge in [-0.15, -0.1) is 0 Å². The summed E-state index contributed by atoms with van der Waals surface area (Å²) in [6.45, 7) is 3.95. The van der Waals surface area contributed by atoms with Crippen LogP contribution >= 0.6 is 22.9 Å². The van der Waals surface area contributed by atoms with Gasteiger partial charge in [0.25, 0.3) is 5.78 Å². The molecule has 5 rings (SSSR count). The molecule has 1 amide bonds. The molecule has 3 aromatic carbocycles. The molecule has 4 aromatic rings. The number of carbonyl (C=O) groups is 2. The largest absolute Gasteiger partial charge is 0.507 e. The van der Waals surface area contributed by atoms with Crippen LogP contribution < -0.4 is 14.4 Å². The quantitative estimate of drug-likeness (QED) is 0.186. The van der Waals surface area contributed by atoms with Crippen LogP contribution in [0.15, 0.2) is 60.2 Å². The van der Waals surface area contributed by atoms with E-state index in [-0.39, 0.29) is 11.3 Å². The second-order valence-electron chi connectivity index (χ2n) is 8.72. The summed E-state index contributed by atoms with van der Waals surface area (Å²) in [4.78, 5) is 33.1. The van der Waals surface area contributed by atoms with Crippen molar-refractivity contribution in [1.29, 1.82) is 0 Å². The summed E-state index contributed by atoms with van der Waals surface area (Å²) in [5.74, 6) is -0.964. The molecule has 1 aromatic heterocycles. The molecule has 0 radical (unpaired) electrons. The van der Waals surface area contributed by atoms with Gasteiger partial charge in [-0.25, -0.2) is 4.98 Å². The number of ether oxygens (including phenoxy) is 2. The van der Waals surface area contributed by atoms with E-state index >= 15 is 0 Å². The van der Waals surface area contributed by atoms with E-state index in [1.165, 1.54) is 30.5 Å². The molecular weight excluding hydrogens is 512 g/mol. The van der Waals surface area contributed by atoms with Crippen LogP contribution in [0.25, 0.3) is 16.0 Å². The molecular formula is C28H23ClN2O5S. The zero-order valence-electron chi connectivity index (χ0n) is 20.5. The molecule has 188 valence electrons. The average molecular weight is 535 g/mol. The monoisotopic (exact) mass is 534 g/mol. The van der Waals surface area contributed by atoms with Crippen LogP contribution in [0.2, 0.25) is 5.02 Å². The molecule has 2 heterocycles. The fourth-order valence-electron chi connectivity index (χ4n) is 4.59. The van der Waals surface area contributed by atoms with Crippen LogP contribution in [0, 0.1) is 13.8 Å². The first kappa shape index (κ1) is 24.8. The highest BCUT2D eigenvalue weighted by Gasteiger charge is 2.48. The van der Waals surface area contributed by atoms with Crippen molar-refractivity contribution in [2.24, 2.45) is 0 Å². The molecule has 0 spiro atoms. The van der Waals surface area contributed by atoms with Crippen molar-refractivity contribution in [3.8, 4) is 11.5 Å². The molecule has 1 saturated heterocycles. The lowest BCUT2D eigenvalue weighted by Crippen LogP contribution is -2.29. The Morgan fingerprint density at radius 2 is 1.70 bits per heavy atom. The lowest BCUT2D eigenvalue weighted by atomic mass is 9.95. The molecule has 9 heteroatoms. The third kappa shape index (κ3) is 4.22. The summed E-state index contributed by atoms with van der Waals surface area (Å²) in [7, 11) is 3.03. The first-order chi connectivity index (χ1) is 17.7. The predicted molar refractivity (Wildman–Crippen MR) is 145 cm³/mol. The molecule has 1 aliphatic heterocycles.